The van der Waals surface area contributed by atoms with Gasteiger partial charge in [-0.2, -0.15) is 0 Å². The van der Waals surface area contributed by atoms with Gasteiger partial charge in [-0.25, -0.2) is 4.79 Å². The van der Waals surface area contributed by atoms with E-state index in [4.69, 9.17) is 23.4 Å². The molecule has 0 aliphatic carbocycles. The predicted molar refractivity (Wildman–Crippen MR) is 110 cm³/mol. The number of fused-ring (bicyclic) bond motifs is 3. The number of carbonyl (C=O) groups excluding carboxylic acids is 1. The molecule has 1 saturated heterocycles. The van der Waals surface area contributed by atoms with E-state index in [-0.39, 0.29) is 12.2 Å². The summed E-state index contributed by atoms with van der Waals surface area (Å²) in [5.41, 5.74) is -1.40. The minimum atomic E-state index is -1.63. The summed E-state index contributed by atoms with van der Waals surface area (Å²) in [4.78, 5) is 22.8. The fraction of sp³-hybridized carbons (Fsp3) is 0.545. The fourth-order valence-electron chi connectivity index (χ4n) is 4.11. The summed E-state index contributed by atoms with van der Waals surface area (Å²) in [6.45, 7) is 3.98. The zero-order valence-corrected chi connectivity index (χ0v) is 18.2. The first kappa shape index (κ1) is 23.6. The molecule has 11 nitrogen and oxygen atoms in total. The van der Waals surface area contributed by atoms with Crippen LogP contribution in [-0.4, -0.2) is 75.4 Å². The van der Waals surface area contributed by atoms with E-state index in [1.807, 2.05) is 0 Å². The Hall–Kier alpha value is -2.54. The van der Waals surface area contributed by atoms with Crippen LogP contribution in [0.2, 0.25) is 0 Å². The highest BCUT2D eigenvalue weighted by molar-refractivity contribution is 5.83. The molecule has 0 bridgehead atoms. The third-order valence-corrected chi connectivity index (χ3v) is 5.85. The van der Waals surface area contributed by atoms with Gasteiger partial charge in [-0.1, -0.05) is 0 Å². The Labute approximate surface area is 188 Å². The highest BCUT2D eigenvalue weighted by Crippen LogP contribution is 2.45. The van der Waals surface area contributed by atoms with E-state index >= 15 is 0 Å². The average molecular weight is 466 g/mol. The van der Waals surface area contributed by atoms with Crippen LogP contribution < -0.4 is 10.4 Å². The highest BCUT2D eigenvalue weighted by Gasteiger charge is 2.51. The van der Waals surface area contributed by atoms with Crippen molar-refractivity contribution < 1.29 is 48.6 Å². The lowest BCUT2D eigenvalue weighted by atomic mass is 9.92. The van der Waals surface area contributed by atoms with Crippen molar-refractivity contribution in [2.24, 2.45) is 0 Å². The van der Waals surface area contributed by atoms with E-state index < -0.39 is 60.1 Å². The van der Waals surface area contributed by atoms with E-state index in [1.54, 1.807) is 32.0 Å². The average Bonchev–Trinajstić information content (AvgIpc) is 3.11. The molecule has 0 spiro atoms. The first-order valence-corrected chi connectivity index (χ1v) is 10.4. The molecule has 2 aromatic rings. The number of hydrogen-bond acceptors (Lipinski definition) is 11. The van der Waals surface area contributed by atoms with Crippen LogP contribution in [0, 0.1) is 0 Å². The van der Waals surface area contributed by atoms with Crippen molar-refractivity contribution in [1.29, 1.82) is 0 Å². The molecule has 33 heavy (non-hydrogen) atoms. The first-order valence-electron chi connectivity index (χ1n) is 10.4. The van der Waals surface area contributed by atoms with Crippen molar-refractivity contribution in [3.05, 3.63) is 40.2 Å². The molecular weight excluding hydrogens is 440 g/mol. The lowest BCUT2D eigenvalue weighted by Gasteiger charge is -2.44. The van der Waals surface area contributed by atoms with Gasteiger partial charge in [0.1, 0.15) is 54.1 Å². The number of esters is 1. The molecule has 3 heterocycles. The van der Waals surface area contributed by atoms with Crippen molar-refractivity contribution in [2.45, 2.75) is 69.3 Å². The second-order valence-corrected chi connectivity index (χ2v) is 8.67. The van der Waals surface area contributed by atoms with E-state index in [9.17, 15) is 30.0 Å². The number of aliphatic hydroxyl groups is 4. The number of aliphatic hydroxyl groups excluding tert-OH is 4. The summed E-state index contributed by atoms with van der Waals surface area (Å²) in [6.07, 6.45) is -9.63. The maximum atomic E-state index is 11.7. The highest BCUT2D eigenvalue weighted by atomic mass is 16.7. The van der Waals surface area contributed by atoms with Crippen LogP contribution in [0.15, 0.2) is 33.5 Å². The standard InChI is InChI=1S/C22H26O11/c1-9(23)29-8-12-15(25)17(27)18(28)21(31-12)33-22(2,3)20-16(26)14-11(30-20)6-4-10-5-7-13(24)32-19(10)14/h4-7,12,15-18,20-21,25-28H,8H2,1-3H3/t12-,15-,16-,17+,18-,20+,21+/m1/s1. The molecule has 2 aliphatic heterocycles. The third-order valence-electron chi connectivity index (χ3n) is 5.85. The van der Waals surface area contributed by atoms with Gasteiger partial charge in [0.25, 0.3) is 0 Å². The molecule has 7 atom stereocenters. The van der Waals surface area contributed by atoms with Crippen molar-refractivity contribution in [1.82, 2.24) is 0 Å². The molecule has 2 aliphatic rings. The maximum Gasteiger partial charge on any atom is 0.336 e. The quantitative estimate of drug-likeness (QED) is 0.339. The van der Waals surface area contributed by atoms with Crippen molar-refractivity contribution in [3.63, 3.8) is 0 Å². The Bertz CT molecular complexity index is 1090. The minimum absolute atomic E-state index is 0.194. The zero-order chi connectivity index (χ0) is 24.1. The largest absolute Gasteiger partial charge is 0.484 e. The van der Waals surface area contributed by atoms with Crippen molar-refractivity contribution >= 4 is 16.9 Å². The smallest absolute Gasteiger partial charge is 0.336 e. The van der Waals surface area contributed by atoms with Crippen LogP contribution in [0.5, 0.6) is 5.75 Å². The van der Waals surface area contributed by atoms with Crippen LogP contribution in [0.4, 0.5) is 0 Å². The molecule has 0 saturated carbocycles. The summed E-state index contributed by atoms with van der Waals surface area (Å²) in [5, 5.41) is 42.4. The second-order valence-electron chi connectivity index (χ2n) is 8.67. The van der Waals surface area contributed by atoms with Gasteiger partial charge in [0, 0.05) is 18.4 Å². The van der Waals surface area contributed by atoms with Gasteiger partial charge >= 0.3 is 11.6 Å². The van der Waals surface area contributed by atoms with Crippen LogP contribution in [0.25, 0.3) is 11.0 Å². The Balaban J connectivity index is 1.56. The molecule has 1 fully saturated rings. The summed E-state index contributed by atoms with van der Waals surface area (Å²) >= 11 is 0. The molecule has 0 amide bonds. The Morgan fingerprint density at radius 2 is 1.76 bits per heavy atom. The Morgan fingerprint density at radius 3 is 2.45 bits per heavy atom. The van der Waals surface area contributed by atoms with Crippen LogP contribution in [-0.2, 0) is 19.0 Å². The maximum absolute atomic E-state index is 11.7. The van der Waals surface area contributed by atoms with Gasteiger partial charge in [-0.05, 0) is 32.0 Å². The van der Waals surface area contributed by atoms with Gasteiger partial charge in [0.15, 0.2) is 12.4 Å². The summed E-state index contributed by atoms with van der Waals surface area (Å²) < 4.78 is 27.5. The lowest BCUT2D eigenvalue weighted by Crippen LogP contribution is -2.61. The SMILES string of the molecule is CC(=O)OC[C@H]1O[C@@H](OC(C)(C)[C@H]2Oc3ccc4ccc(=O)oc4c3[C@H]2O)[C@H](O)[C@@H](O)[C@@H]1O. The van der Waals surface area contributed by atoms with E-state index in [0.29, 0.717) is 16.7 Å². The second kappa shape index (κ2) is 8.67. The first-order chi connectivity index (χ1) is 15.5. The molecule has 4 rings (SSSR count). The van der Waals surface area contributed by atoms with Gasteiger partial charge in [-0.3, -0.25) is 4.79 Å². The van der Waals surface area contributed by atoms with Gasteiger partial charge in [0.2, 0.25) is 0 Å². The number of carbonyl (C=O) groups is 1. The van der Waals surface area contributed by atoms with Gasteiger partial charge in [0.05, 0.1) is 5.56 Å². The molecule has 4 N–H and O–H groups in total. The monoisotopic (exact) mass is 466 g/mol. The summed E-state index contributed by atoms with van der Waals surface area (Å²) in [5.74, 6) is -0.303. The minimum Gasteiger partial charge on any atom is -0.484 e. The van der Waals surface area contributed by atoms with Crippen LogP contribution in [0.3, 0.4) is 0 Å². The Kier molecular flexibility index (Phi) is 6.20. The molecule has 1 aromatic carbocycles. The number of hydrogen-bond donors (Lipinski definition) is 4. The molecular formula is C22H26O11. The molecule has 0 radical (unpaired) electrons. The number of ether oxygens (including phenoxy) is 4. The predicted octanol–water partition coefficient (Wildman–Crippen LogP) is -0.247. The number of benzene rings is 1. The summed E-state index contributed by atoms with van der Waals surface area (Å²) in [7, 11) is 0. The topological polar surface area (TPSA) is 165 Å². The van der Waals surface area contributed by atoms with Crippen LogP contribution >= 0.6 is 0 Å². The van der Waals surface area contributed by atoms with Gasteiger partial charge in [-0.15, -0.1) is 0 Å². The molecule has 180 valence electrons. The lowest BCUT2D eigenvalue weighted by molar-refractivity contribution is -0.332. The zero-order valence-electron chi connectivity index (χ0n) is 18.2. The van der Waals surface area contributed by atoms with Crippen molar-refractivity contribution in [3.8, 4) is 5.75 Å². The molecule has 1 aromatic heterocycles. The van der Waals surface area contributed by atoms with Crippen LogP contribution in [0.1, 0.15) is 32.4 Å². The van der Waals surface area contributed by atoms with Crippen molar-refractivity contribution in [2.75, 3.05) is 6.61 Å². The van der Waals surface area contributed by atoms with E-state index in [0.717, 1.165) is 0 Å². The summed E-state index contributed by atoms with van der Waals surface area (Å²) in [6, 6.07) is 6.17. The van der Waals surface area contributed by atoms with E-state index in [2.05, 4.69) is 0 Å². The van der Waals surface area contributed by atoms with Gasteiger partial charge < -0.3 is 43.8 Å². The molecule has 11 heteroatoms. The third kappa shape index (κ3) is 4.35. The Morgan fingerprint density at radius 1 is 1.06 bits per heavy atom. The fourth-order valence-corrected chi connectivity index (χ4v) is 4.11. The normalized spacial score (nSPS) is 31.8. The van der Waals surface area contributed by atoms with E-state index in [1.165, 1.54) is 13.0 Å². The number of rotatable bonds is 5. The molecule has 0 unspecified atom stereocenters.